The summed E-state index contributed by atoms with van der Waals surface area (Å²) in [5.74, 6) is 0.573. The lowest BCUT2D eigenvalue weighted by Gasteiger charge is -2.38. The normalized spacial score (nSPS) is 16.8. The minimum Gasteiger partial charge on any atom is -0.495 e. The van der Waals surface area contributed by atoms with Gasteiger partial charge in [0.05, 0.1) is 30.8 Å². The van der Waals surface area contributed by atoms with Crippen LogP contribution in [0.15, 0.2) is 18.2 Å². The van der Waals surface area contributed by atoms with E-state index in [0.717, 1.165) is 6.42 Å². The zero-order valence-electron chi connectivity index (χ0n) is 10.5. The van der Waals surface area contributed by atoms with Crippen molar-refractivity contribution in [2.45, 2.75) is 13.3 Å². The molecule has 1 saturated heterocycles. The molecule has 4 nitrogen and oxygen atoms in total. The predicted molar refractivity (Wildman–Crippen MR) is 70.2 cm³/mol. The number of rotatable bonds is 4. The molecule has 1 fully saturated rings. The van der Waals surface area contributed by atoms with Gasteiger partial charge in [0.2, 0.25) is 5.91 Å². The Labute approximate surface area is 111 Å². The molecule has 0 saturated carbocycles. The number of amides is 1. The van der Waals surface area contributed by atoms with E-state index in [1.54, 1.807) is 25.3 Å². The van der Waals surface area contributed by atoms with E-state index in [4.69, 9.17) is 21.1 Å². The van der Waals surface area contributed by atoms with Gasteiger partial charge >= 0.3 is 0 Å². The summed E-state index contributed by atoms with van der Waals surface area (Å²) in [6, 6.07) is 5.18. The van der Waals surface area contributed by atoms with Crippen molar-refractivity contribution in [2.24, 2.45) is 5.41 Å². The van der Waals surface area contributed by atoms with Crippen LogP contribution >= 0.6 is 11.6 Å². The van der Waals surface area contributed by atoms with Crippen LogP contribution in [0.3, 0.4) is 0 Å². The first-order valence-electron chi connectivity index (χ1n) is 5.84. The highest BCUT2D eigenvalue weighted by molar-refractivity contribution is 6.32. The SMILES string of the molecule is CCC1(C(=O)Nc2ccc(OC)c(Cl)c2)COC1. The summed E-state index contributed by atoms with van der Waals surface area (Å²) in [5.41, 5.74) is 0.289. The van der Waals surface area contributed by atoms with Crippen LogP contribution < -0.4 is 10.1 Å². The summed E-state index contributed by atoms with van der Waals surface area (Å²) in [4.78, 5) is 12.1. The van der Waals surface area contributed by atoms with E-state index in [9.17, 15) is 4.79 Å². The Morgan fingerprint density at radius 1 is 1.56 bits per heavy atom. The summed E-state index contributed by atoms with van der Waals surface area (Å²) in [5, 5.41) is 3.35. The van der Waals surface area contributed by atoms with E-state index in [1.165, 1.54) is 0 Å². The van der Waals surface area contributed by atoms with E-state index in [-0.39, 0.29) is 11.3 Å². The maximum absolute atomic E-state index is 12.1. The number of hydrogen-bond acceptors (Lipinski definition) is 3. The standard InChI is InChI=1S/C13H16ClNO3/c1-3-13(7-18-8-13)12(16)15-9-4-5-11(17-2)10(14)6-9/h4-6H,3,7-8H2,1-2H3,(H,15,16). The lowest BCUT2D eigenvalue weighted by atomic mass is 9.82. The molecule has 0 spiro atoms. The highest BCUT2D eigenvalue weighted by Crippen LogP contribution is 2.33. The van der Waals surface area contributed by atoms with Crippen molar-refractivity contribution in [3.05, 3.63) is 23.2 Å². The van der Waals surface area contributed by atoms with Crippen molar-refractivity contribution in [3.8, 4) is 5.75 Å². The zero-order valence-corrected chi connectivity index (χ0v) is 11.2. The third-order valence-corrected chi connectivity index (χ3v) is 3.62. The molecule has 1 heterocycles. The van der Waals surface area contributed by atoms with E-state index >= 15 is 0 Å². The molecule has 1 aromatic carbocycles. The molecular weight excluding hydrogens is 254 g/mol. The number of anilines is 1. The van der Waals surface area contributed by atoms with Crippen molar-refractivity contribution in [1.29, 1.82) is 0 Å². The summed E-state index contributed by atoms with van der Waals surface area (Å²) in [6.07, 6.45) is 0.767. The van der Waals surface area contributed by atoms with Gasteiger partial charge in [-0.05, 0) is 24.6 Å². The van der Waals surface area contributed by atoms with Crippen molar-refractivity contribution >= 4 is 23.2 Å². The van der Waals surface area contributed by atoms with Gasteiger partial charge in [0.15, 0.2) is 0 Å². The second kappa shape index (κ2) is 5.16. The van der Waals surface area contributed by atoms with Crippen LogP contribution in [0.4, 0.5) is 5.69 Å². The maximum atomic E-state index is 12.1. The van der Waals surface area contributed by atoms with E-state index in [1.807, 2.05) is 6.92 Å². The molecule has 1 aliphatic heterocycles. The molecule has 0 aliphatic carbocycles. The number of benzene rings is 1. The second-order valence-corrected chi connectivity index (χ2v) is 4.84. The molecule has 1 amide bonds. The van der Waals surface area contributed by atoms with Crippen LogP contribution in [-0.2, 0) is 9.53 Å². The van der Waals surface area contributed by atoms with Crippen LogP contribution in [-0.4, -0.2) is 26.2 Å². The number of carbonyl (C=O) groups excluding carboxylic acids is 1. The Balaban J connectivity index is 2.10. The van der Waals surface area contributed by atoms with Gasteiger partial charge in [-0.2, -0.15) is 0 Å². The molecule has 1 N–H and O–H groups in total. The molecule has 1 aliphatic rings. The lowest BCUT2D eigenvalue weighted by Crippen LogP contribution is -2.51. The summed E-state index contributed by atoms with van der Waals surface area (Å²) in [6.45, 7) is 2.96. The number of methoxy groups -OCH3 is 1. The summed E-state index contributed by atoms with van der Waals surface area (Å²) >= 11 is 6.01. The molecule has 0 unspecified atom stereocenters. The molecule has 5 heteroatoms. The van der Waals surface area contributed by atoms with Crippen LogP contribution in [0.5, 0.6) is 5.75 Å². The van der Waals surface area contributed by atoms with Crippen molar-refractivity contribution in [3.63, 3.8) is 0 Å². The number of hydrogen-bond donors (Lipinski definition) is 1. The fourth-order valence-corrected chi connectivity index (χ4v) is 2.11. The van der Waals surface area contributed by atoms with E-state index < -0.39 is 0 Å². The smallest absolute Gasteiger partial charge is 0.235 e. The molecule has 2 rings (SSSR count). The molecule has 0 bridgehead atoms. The first kappa shape index (κ1) is 13.2. The van der Waals surface area contributed by atoms with Gasteiger partial charge in [0.1, 0.15) is 5.75 Å². The Hall–Kier alpha value is -1.26. The van der Waals surface area contributed by atoms with Gasteiger partial charge < -0.3 is 14.8 Å². The molecule has 1 aromatic rings. The molecule has 0 radical (unpaired) electrons. The highest BCUT2D eigenvalue weighted by Gasteiger charge is 2.44. The number of ether oxygens (including phenoxy) is 2. The van der Waals surface area contributed by atoms with E-state index in [0.29, 0.717) is 29.7 Å². The minimum absolute atomic E-state index is 0.0162. The highest BCUT2D eigenvalue weighted by atomic mass is 35.5. The largest absolute Gasteiger partial charge is 0.495 e. The molecule has 98 valence electrons. The summed E-state index contributed by atoms with van der Waals surface area (Å²) < 4.78 is 10.2. The third-order valence-electron chi connectivity index (χ3n) is 3.32. The predicted octanol–water partition coefficient (Wildman–Crippen LogP) is 2.71. The fraction of sp³-hybridized carbons (Fsp3) is 0.462. The van der Waals surface area contributed by atoms with Gasteiger partial charge in [-0.1, -0.05) is 18.5 Å². The minimum atomic E-state index is -0.383. The number of nitrogens with one attached hydrogen (secondary N) is 1. The van der Waals surface area contributed by atoms with Gasteiger partial charge in [0.25, 0.3) is 0 Å². The van der Waals surface area contributed by atoms with Gasteiger partial charge in [0, 0.05) is 5.69 Å². The Kier molecular flexibility index (Phi) is 3.78. The van der Waals surface area contributed by atoms with Crippen molar-refractivity contribution < 1.29 is 14.3 Å². The average molecular weight is 270 g/mol. The molecule has 0 atom stereocenters. The van der Waals surface area contributed by atoms with Gasteiger partial charge in [-0.25, -0.2) is 0 Å². The number of halogens is 1. The first-order valence-corrected chi connectivity index (χ1v) is 6.22. The first-order chi connectivity index (χ1) is 8.61. The van der Waals surface area contributed by atoms with Crippen LogP contribution in [0.2, 0.25) is 5.02 Å². The molecule has 0 aromatic heterocycles. The second-order valence-electron chi connectivity index (χ2n) is 4.43. The van der Waals surface area contributed by atoms with Gasteiger partial charge in [-0.3, -0.25) is 4.79 Å². The van der Waals surface area contributed by atoms with Gasteiger partial charge in [-0.15, -0.1) is 0 Å². The van der Waals surface area contributed by atoms with E-state index in [2.05, 4.69) is 5.32 Å². The average Bonchev–Trinajstić information content (AvgIpc) is 2.28. The molecular formula is C13H16ClNO3. The molecule has 18 heavy (non-hydrogen) atoms. The zero-order chi connectivity index (χ0) is 13.2. The Morgan fingerprint density at radius 3 is 2.72 bits per heavy atom. The van der Waals surface area contributed by atoms with Crippen LogP contribution in [0.1, 0.15) is 13.3 Å². The summed E-state index contributed by atoms with van der Waals surface area (Å²) in [7, 11) is 1.55. The van der Waals surface area contributed by atoms with Crippen molar-refractivity contribution in [1.82, 2.24) is 0 Å². The number of carbonyl (C=O) groups is 1. The van der Waals surface area contributed by atoms with Crippen LogP contribution in [0, 0.1) is 5.41 Å². The fourth-order valence-electron chi connectivity index (χ4n) is 1.85. The monoisotopic (exact) mass is 269 g/mol. The topological polar surface area (TPSA) is 47.6 Å². The Bertz CT molecular complexity index is 452. The van der Waals surface area contributed by atoms with Crippen LogP contribution in [0.25, 0.3) is 0 Å². The quantitative estimate of drug-likeness (QED) is 0.914. The third kappa shape index (κ3) is 2.31. The van der Waals surface area contributed by atoms with Crippen molar-refractivity contribution in [2.75, 3.05) is 25.6 Å². The maximum Gasteiger partial charge on any atom is 0.235 e. The lowest BCUT2D eigenvalue weighted by molar-refractivity contribution is -0.156. The Morgan fingerprint density at radius 2 is 2.28 bits per heavy atom.